The summed E-state index contributed by atoms with van der Waals surface area (Å²) in [6.07, 6.45) is 5.33. The summed E-state index contributed by atoms with van der Waals surface area (Å²) in [6.45, 7) is 2.72. The summed E-state index contributed by atoms with van der Waals surface area (Å²) in [5.41, 5.74) is 1.18. The van der Waals surface area contributed by atoms with Gasteiger partial charge in [-0.1, -0.05) is 25.3 Å². The van der Waals surface area contributed by atoms with Crippen LogP contribution in [-0.4, -0.2) is 28.5 Å². The van der Waals surface area contributed by atoms with Crippen molar-refractivity contribution in [3.8, 4) is 0 Å². The molecule has 1 aliphatic rings. The Kier molecular flexibility index (Phi) is 5.58. The number of aliphatic carboxylic acids is 1. The van der Waals surface area contributed by atoms with Crippen molar-refractivity contribution in [2.75, 3.05) is 6.61 Å². The molecule has 1 heterocycles. The van der Waals surface area contributed by atoms with Gasteiger partial charge in [-0.2, -0.15) is 4.74 Å². The number of hydrogen-bond acceptors (Lipinski definition) is 4. The molecule has 1 aliphatic carbocycles. The van der Waals surface area contributed by atoms with Gasteiger partial charge in [0.25, 0.3) is 5.56 Å². The van der Waals surface area contributed by atoms with Crippen LogP contribution >= 0.6 is 0 Å². The van der Waals surface area contributed by atoms with Crippen LogP contribution in [0, 0.1) is 5.92 Å². The third-order valence-electron chi connectivity index (χ3n) is 4.92. The van der Waals surface area contributed by atoms with Gasteiger partial charge in [-0.25, -0.2) is 4.79 Å². The number of hydrogen-bond donors (Lipinski definition) is 1. The molecule has 1 saturated carbocycles. The minimum absolute atomic E-state index is 0.134. The number of benzene rings is 1. The Labute approximate surface area is 146 Å². The average molecular weight is 347 g/mol. The van der Waals surface area contributed by atoms with Crippen LogP contribution in [0.1, 0.15) is 44.6 Å². The minimum atomic E-state index is -0.996. The molecule has 0 radical (unpaired) electrons. The van der Waals surface area contributed by atoms with Gasteiger partial charge < -0.3 is 14.4 Å². The quantitative estimate of drug-likeness (QED) is 0.832. The van der Waals surface area contributed by atoms with E-state index in [1.165, 1.54) is 24.0 Å². The molecule has 0 aliphatic heterocycles. The standard InChI is InChI=1S/C19H25NO5/c1-2-24-17(19(22)23)11-14-8-9-16-15(10-14)18(21)20(25-16)12-13-6-4-3-5-7-13/h8-10,13,17H,2-7,11-12H2,1H3,(H,22,23). The maximum absolute atomic E-state index is 12.6. The van der Waals surface area contributed by atoms with E-state index in [1.54, 1.807) is 25.1 Å². The predicted molar refractivity (Wildman–Crippen MR) is 93.8 cm³/mol. The summed E-state index contributed by atoms with van der Waals surface area (Å²) in [5, 5.41) is 9.72. The van der Waals surface area contributed by atoms with Crippen molar-refractivity contribution in [3.05, 3.63) is 34.1 Å². The van der Waals surface area contributed by atoms with E-state index in [-0.39, 0.29) is 12.0 Å². The number of ether oxygens (including phenoxy) is 1. The summed E-state index contributed by atoms with van der Waals surface area (Å²) in [5.74, 6) is -0.496. The maximum atomic E-state index is 12.6. The molecule has 1 atom stereocenters. The number of carboxylic acids is 1. The fourth-order valence-corrected chi connectivity index (χ4v) is 3.60. The van der Waals surface area contributed by atoms with Crippen molar-refractivity contribution < 1.29 is 19.2 Å². The highest BCUT2D eigenvalue weighted by atomic mass is 16.5. The molecule has 1 unspecified atom stereocenters. The fourth-order valence-electron chi connectivity index (χ4n) is 3.60. The highest BCUT2D eigenvalue weighted by molar-refractivity contribution is 5.77. The van der Waals surface area contributed by atoms with Crippen LogP contribution in [0.5, 0.6) is 0 Å². The van der Waals surface area contributed by atoms with Crippen LogP contribution < -0.4 is 5.56 Å². The third kappa shape index (κ3) is 4.12. The van der Waals surface area contributed by atoms with Gasteiger partial charge in [-0.15, -0.1) is 0 Å². The Morgan fingerprint density at radius 2 is 2.12 bits per heavy atom. The lowest BCUT2D eigenvalue weighted by atomic mass is 9.89. The topological polar surface area (TPSA) is 81.7 Å². The largest absolute Gasteiger partial charge is 0.479 e. The molecule has 1 fully saturated rings. The Bertz CT molecular complexity index is 785. The first-order chi connectivity index (χ1) is 12.1. The summed E-state index contributed by atoms with van der Waals surface area (Å²) in [6, 6.07) is 5.27. The van der Waals surface area contributed by atoms with Crippen LogP contribution in [0.15, 0.2) is 27.5 Å². The molecule has 25 heavy (non-hydrogen) atoms. The Morgan fingerprint density at radius 1 is 1.36 bits per heavy atom. The highest BCUT2D eigenvalue weighted by Gasteiger charge is 2.20. The van der Waals surface area contributed by atoms with Gasteiger partial charge >= 0.3 is 5.97 Å². The van der Waals surface area contributed by atoms with Crippen molar-refractivity contribution in [1.29, 1.82) is 0 Å². The van der Waals surface area contributed by atoms with Crippen LogP contribution in [0.3, 0.4) is 0 Å². The molecule has 0 spiro atoms. The van der Waals surface area contributed by atoms with E-state index in [4.69, 9.17) is 9.26 Å². The Balaban J connectivity index is 1.81. The Morgan fingerprint density at radius 3 is 2.80 bits per heavy atom. The summed E-state index contributed by atoms with van der Waals surface area (Å²) < 4.78 is 12.4. The molecule has 136 valence electrons. The predicted octanol–water partition coefficient (Wildman–Crippen LogP) is 3.21. The molecule has 1 aromatic carbocycles. The van der Waals surface area contributed by atoms with Crippen molar-refractivity contribution in [2.45, 2.75) is 58.1 Å². The van der Waals surface area contributed by atoms with Gasteiger partial charge in [0, 0.05) is 13.0 Å². The van der Waals surface area contributed by atoms with Gasteiger partial charge in [-0.3, -0.25) is 4.79 Å². The molecule has 1 N–H and O–H groups in total. The first kappa shape index (κ1) is 17.7. The molecule has 0 amide bonds. The van der Waals surface area contributed by atoms with E-state index in [9.17, 15) is 14.7 Å². The molecular weight excluding hydrogens is 322 g/mol. The molecule has 6 heteroatoms. The van der Waals surface area contributed by atoms with Gasteiger partial charge in [-0.05, 0) is 43.4 Å². The molecule has 0 saturated heterocycles. The second kappa shape index (κ2) is 7.87. The number of rotatable bonds is 7. The lowest BCUT2D eigenvalue weighted by molar-refractivity contribution is -0.149. The minimum Gasteiger partial charge on any atom is -0.479 e. The molecule has 2 aromatic rings. The van der Waals surface area contributed by atoms with Crippen LogP contribution in [-0.2, 0) is 22.5 Å². The average Bonchev–Trinajstić information content (AvgIpc) is 2.91. The van der Waals surface area contributed by atoms with E-state index < -0.39 is 12.1 Å². The van der Waals surface area contributed by atoms with Crippen LogP contribution in [0.2, 0.25) is 0 Å². The second-order valence-corrected chi connectivity index (χ2v) is 6.78. The lowest BCUT2D eigenvalue weighted by Crippen LogP contribution is -2.26. The lowest BCUT2D eigenvalue weighted by Gasteiger charge is -2.20. The van der Waals surface area contributed by atoms with Crippen LogP contribution in [0.25, 0.3) is 11.0 Å². The number of aromatic nitrogens is 1. The monoisotopic (exact) mass is 347 g/mol. The zero-order valence-corrected chi connectivity index (χ0v) is 14.6. The number of carbonyl (C=O) groups is 1. The van der Waals surface area contributed by atoms with Crippen LogP contribution in [0.4, 0.5) is 0 Å². The van der Waals surface area contributed by atoms with Gasteiger partial charge in [0.1, 0.15) is 0 Å². The Hall–Kier alpha value is -2.08. The zero-order chi connectivity index (χ0) is 17.8. The summed E-state index contributed by atoms with van der Waals surface area (Å²) >= 11 is 0. The number of fused-ring (bicyclic) bond motifs is 1. The zero-order valence-electron chi connectivity index (χ0n) is 14.6. The first-order valence-corrected chi connectivity index (χ1v) is 9.05. The molecular formula is C19H25NO5. The van der Waals surface area contributed by atoms with Crippen molar-refractivity contribution >= 4 is 16.9 Å². The molecule has 6 nitrogen and oxygen atoms in total. The maximum Gasteiger partial charge on any atom is 0.333 e. The highest BCUT2D eigenvalue weighted by Crippen LogP contribution is 2.25. The summed E-state index contributed by atoms with van der Waals surface area (Å²) in [4.78, 5) is 23.9. The number of nitrogens with zero attached hydrogens (tertiary/aromatic N) is 1. The summed E-state index contributed by atoms with van der Waals surface area (Å²) in [7, 11) is 0. The van der Waals surface area contributed by atoms with E-state index in [0.29, 0.717) is 30.0 Å². The first-order valence-electron chi connectivity index (χ1n) is 9.05. The van der Waals surface area contributed by atoms with E-state index in [2.05, 4.69) is 0 Å². The number of carboxylic acid groups (broad SMARTS) is 1. The van der Waals surface area contributed by atoms with E-state index in [0.717, 1.165) is 18.4 Å². The SMILES string of the molecule is CCOC(Cc1ccc2on(CC3CCCCC3)c(=O)c2c1)C(=O)O. The van der Waals surface area contributed by atoms with Crippen molar-refractivity contribution in [2.24, 2.45) is 5.92 Å². The van der Waals surface area contributed by atoms with E-state index in [1.807, 2.05) is 0 Å². The van der Waals surface area contributed by atoms with Gasteiger partial charge in [0.05, 0.1) is 11.9 Å². The van der Waals surface area contributed by atoms with Crippen molar-refractivity contribution in [3.63, 3.8) is 0 Å². The van der Waals surface area contributed by atoms with E-state index >= 15 is 0 Å². The fraction of sp³-hybridized carbons (Fsp3) is 0.579. The second-order valence-electron chi connectivity index (χ2n) is 6.78. The van der Waals surface area contributed by atoms with Crippen molar-refractivity contribution in [1.82, 2.24) is 4.74 Å². The molecule has 3 rings (SSSR count). The molecule has 0 bridgehead atoms. The normalized spacial score (nSPS) is 17.0. The van der Waals surface area contributed by atoms with Gasteiger partial charge in [0.15, 0.2) is 11.7 Å². The van der Waals surface area contributed by atoms with Gasteiger partial charge in [0.2, 0.25) is 0 Å². The molecule has 1 aromatic heterocycles. The smallest absolute Gasteiger partial charge is 0.333 e. The third-order valence-corrected chi connectivity index (χ3v) is 4.92.